The molecule has 0 aliphatic carbocycles. The average molecular weight is 315 g/mol. The molecule has 0 radical (unpaired) electrons. The number of unbranched alkanes of at least 4 members (excludes halogenated alkanes) is 1. The maximum atomic E-state index is 11.4. The van der Waals surface area contributed by atoms with Gasteiger partial charge in [0.15, 0.2) is 0 Å². The fourth-order valence-electron chi connectivity index (χ4n) is 0.839. The van der Waals surface area contributed by atoms with Crippen LogP contribution in [0.25, 0.3) is 0 Å². The van der Waals surface area contributed by atoms with Crippen LogP contribution < -0.4 is 5.32 Å². The summed E-state index contributed by atoms with van der Waals surface area (Å²) in [6.07, 6.45) is 2.66. The molecule has 0 heterocycles. The summed E-state index contributed by atoms with van der Waals surface area (Å²) < 4.78 is 0. The number of amides is 1. The second-order valence-corrected chi connectivity index (χ2v) is 4.60. The minimum atomic E-state index is -0.162. The summed E-state index contributed by atoms with van der Waals surface area (Å²) in [7, 11) is 0. The third-order valence-corrected chi connectivity index (χ3v) is 4.26. The standard InChI is InChI=1S/C9H17Br2NO/c1-3-4-5-8(13)12-9(2,6-10)7-11/h3-7H2,1-2H3,(H,12,13). The maximum Gasteiger partial charge on any atom is 0.220 e. The third-order valence-electron chi connectivity index (χ3n) is 1.79. The zero-order valence-corrected chi connectivity index (χ0v) is 11.4. The molecule has 2 nitrogen and oxygen atoms in total. The van der Waals surface area contributed by atoms with E-state index < -0.39 is 0 Å². The zero-order valence-electron chi connectivity index (χ0n) is 8.20. The van der Waals surface area contributed by atoms with Crippen LogP contribution in [0.1, 0.15) is 33.1 Å². The number of carbonyl (C=O) groups is 1. The summed E-state index contributed by atoms with van der Waals surface area (Å²) in [5.74, 6) is 0.142. The van der Waals surface area contributed by atoms with Crippen LogP contribution in [0.4, 0.5) is 0 Å². The van der Waals surface area contributed by atoms with Crippen molar-refractivity contribution < 1.29 is 4.79 Å². The Morgan fingerprint density at radius 3 is 2.31 bits per heavy atom. The highest BCUT2D eigenvalue weighted by Gasteiger charge is 2.22. The van der Waals surface area contributed by atoms with Crippen molar-refractivity contribution >= 4 is 37.8 Å². The fraction of sp³-hybridized carbons (Fsp3) is 0.889. The van der Waals surface area contributed by atoms with Gasteiger partial charge >= 0.3 is 0 Å². The fourth-order valence-corrected chi connectivity index (χ4v) is 2.05. The van der Waals surface area contributed by atoms with Crippen molar-refractivity contribution in [2.24, 2.45) is 0 Å². The van der Waals surface area contributed by atoms with E-state index in [2.05, 4.69) is 44.1 Å². The Hall–Kier alpha value is 0.430. The summed E-state index contributed by atoms with van der Waals surface area (Å²) in [6, 6.07) is 0. The minimum absolute atomic E-state index is 0.142. The van der Waals surface area contributed by atoms with Crippen molar-refractivity contribution in [3.05, 3.63) is 0 Å². The van der Waals surface area contributed by atoms with Gasteiger partial charge in [0, 0.05) is 17.1 Å². The summed E-state index contributed by atoms with van der Waals surface area (Å²) in [6.45, 7) is 4.10. The van der Waals surface area contributed by atoms with Crippen LogP contribution in [0.5, 0.6) is 0 Å². The molecule has 0 aromatic rings. The number of carbonyl (C=O) groups excluding carboxylic acids is 1. The molecule has 0 aliphatic rings. The predicted octanol–water partition coefficient (Wildman–Crippen LogP) is 2.84. The second kappa shape index (κ2) is 6.82. The van der Waals surface area contributed by atoms with Crippen molar-refractivity contribution in [3.63, 3.8) is 0 Å². The van der Waals surface area contributed by atoms with E-state index in [9.17, 15) is 4.79 Å². The third kappa shape index (κ3) is 5.68. The molecule has 0 unspecified atom stereocenters. The van der Waals surface area contributed by atoms with Crippen LogP contribution in [0.15, 0.2) is 0 Å². The molecule has 0 aromatic carbocycles. The molecule has 0 spiro atoms. The normalized spacial score (nSPS) is 11.4. The Balaban J connectivity index is 3.87. The van der Waals surface area contributed by atoms with E-state index in [0.29, 0.717) is 6.42 Å². The highest BCUT2D eigenvalue weighted by atomic mass is 79.9. The molecule has 13 heavy (non-hydrogen) atoms. The molecule has 0 aliphatic heterocycles. The topological polar surface area (TPSA) is 29.1 Å². The molecule has 0 aromatic heterocycles. The number of alkyl halides is 2. The van der Waals surface area contributed by atoms with E-state index in [1.54, 1.807) is 0 Å². The first-order valence-corrected chi connectivity index (χ1v) is 6.75. The van der Waals surface area contributed by atoms with Gasteiger partial charge < -0.3 is 5.32 Å². The van der Waals surface area contributed by atoms with E-state index in [0.717, 1.165) is 23.5 Å². The first-order chi connectivity index (χ1) is 6.08. The molecule has 0 fully saturated rings. The van der Waals surface area contributed by atoms with Gasteiger partial charge in [-0.05, 0) is 13.3 Å². The van der Waals surface area contributed by atoms with Crippen LogP contribution in [0, 0.1) is 0 Å². The molecule has 0 atom stereocenters. The Labute approximate surface area is 97.1 Å². The Kier molecular flexibility index (Phi) is 7.05. The maximum absolute atomic E-state index is 11.4. The highest BCUT2D eigenvalue weighted by Crippen LogP contribution is 2.11. The van der Waals surface area contributed by atoms with E-state index in [4.69, 9.17) is 0 Å². The van der Waals surface area contributed by atoms with E-state index in [1.807, 2.05) is 6.92 Å². The molecule has 0 saturated carbocycles. The summed E-state index contributed by atoms with van der Waals surface area (Å²) in [5.41, 5.74) is -0.162. The number of halogens is 2. The van der Waals surface area contributed by atoms with Crippen molar-refractivity contribution in [3.8, 4) is 0 Å². The lowest BCUT2D eigenvalue weighted by Crippen LogP contribution is -2.48. The lowest BCUT2D eigenvalue weighted by molar-refractivity contribution is -0.122. The quantitative estimate of drug-likeness (QED) is 0.750. The van der Waals surface area contributed by atoms with Crippen molar-refractivity contribution in [2.75, 3.05) is 10.7 Å². The van der Waals surface area contributed by atoms with E-state index >= 15 is 0 Å². The number of nitrogens with one attached hydrogen (secondary N) is 1. The second-order valence-electron chi connectivity index (χ2n) is 3.48. The van der Waals surface area contributed by atoms with Crippen LogP contribution in [0.3, 0.4) is 0 Å². The summed E-state index contributed by atoms with van der Waals surface area (Å²) >= 11 is 6.77. The molecular weight excluding hydrogens is 298 g/mol. The van der Waals surface area contributed by atoms with Gasteiger partial charge in [-0.25, -0.2) is 0 Å². The van der Waals surface area contributed by atoms with Gasteiger partial charge in [0.05, 0.1) is 5.54 Å². The van der Waals surface area contributed by atoms with Crippen LogP contribution in [-0.4, -0.2) is 22.1 Å². The summed E-state index contributed by atoms with van der Waals surface area (Å²) in [5, 5.41) is 4.53. The molecule has 1 N–H and O–H groups in total. The van der Waals surface area contributed by atoms with Gasteiger partial charge in [-0.3, -0.25) is 4.79 Å². The van der Waals surface area contributed by atoms with E-state index in [1.165, 1.54) is 0 Å². The number of rotatable bonds is 6. The van der Waals surface area contributed by atoms with Crippen LogP contribution in [-0.2, 0) is 4.79 Å². The first kappa shape index (κ1) is 13.4. The number of hydrogen-bond donors (Lipinski definition) is 1. The van der Waals surface area contributed by atoms with Gasteiger partial charge in [0.1, 0.15) is 0 Å². The molecule has 0 saturated heterocycles. The van der Waals surface area contributed by atoms with Gasteiger partial charge in [0.2, 0.25) is 5.91 Å². The van der Waals surface area contributed by atoms with Crippen molar-refractivity contribution in [1.82, 2.24) is 5.32 Å². The molecular formula is C9H17Br2NO. The monoisotopic (exact) mass is 313 g/mol. The molecule has 4 heteroatoms. The van der Waals surface area contributed by atoms with Crippen molar-refractivity contribution in [2.45, 2.75) is 38.6 Å². The van der Waals surface area contributed by atoms with Gasteiger partial charge in [-0.1, -0.05) is 45.2 Å². The van der Waals surface area contributed by atoms with E-state index in [-0.39, 0.29) is 11.4 Å². The largest absolute Gasteiger partial charge is 0.349 e. The minimum Gasteiger partial charge on any atom is -0.349 e. The number of hydrogen-bond acceptors (Lipinski definition) is 1. The smallest absolute Gasteiger partial charge is 0.220 e. The lowest BCUT2D eigenvalue weighted by atomic mass is 10.1. The predicted molar refractivity (Wildman–Crippen MR) is 63.7 cm³/mol. The van der Waals surface area contributed by atoms with Gasteiger partial charge in [-0.15, -0.1) is 0 Å². The molecule has 0 rings (SSSR count). The molecule has 1 amide bonds. The van der Waals surface area contributed by atoms with Crippen LogP contribution in [0.2, 0.25) is 0 Å². The summed E-state index contributed by atoms with van der Waals surface area (Å²) in [4.78, 5) is 11.4. The Morgan fingerprint density at radius 1 is 1.38 bits per heavy atom. The van der Waals surface area contributed by atoms with Gasteiger partial charge in [0.25, 0.3) is 0 Å². The lowest BCUT2D eigenvalue weighted by Gasteiger charge is -2.26. The zero-order chi connectivity index (χ0) is 10.3. The van der Waals surface area contributed by atoms with Crippen LogP contribution >= 0.6 is 31.9 Å². The van der Waals surface area contributed by atoms with Gasteiger partial charge in [-0.2, -0.15) is 0 Å². The Bertz CT molecular complexity index is 158. The Morgan fingerprint density at radius 2 is 1.92 bits per heavy atom. The SMILES string of the molecule is CCCCC(=O)NC(C)(CBr)CBr. The molecule has 0 bridgehead atoms. The first-order valence-electron chi connectivity index (χ1n) is 4.51. The molecule has 78 valence electrons. The average Bonchev–Trinajstić information content (AvgIpc) is 2.14. The van der Waals surface area contributed by atoms with Crippen molar-refractivity contribution in [1.29, 1.82) is 0 Å². The highest BCUT2D eigenvalue weighted by molar-refractivity contribution is 9.09.